The van der Waals surface area contributed by atoms with Crippen LogP contribution in [0.5, 0.6) is 0 Å². The molecule has 2 saturated heterocycles. The van der Waals surface area contributed by atoms with Crippen LogP contribution < -0.4 is 0 Å². The zero-order valence-corrected chi connectivity index (χ0v) is 15.4. The molecule has 22 heavy (non-hydrogen) atoms. The van der Waals surface area contributed by atoms with Gasteiger partial charge in [0.2, 0.25) is 15.9 Å². The second kappa shape index (κ2) is 5.78. The van der Waals surface area contributed by atoms with Crippen LogP contribution in [0.1, 0.15) is 60.3 Å². The zero-order chi connectivity index (χ0) is 16.8. The van der Waals surface area contributed by atoms with E-state index >= 15 is 0 Å². The summed E-state index contributed by atoms with van der Waals surface area (Å²) in [6, 6.07) is 0. The van der Waals surface area contributed by atoms with Gasteiger partial charge in [-0.1, -0.05) is 0 Å². The molecule has 5 nitrogen and oxygen atoms in total. The quantitative estimate of drug-likeness (QED) is 0.797. The molecule has 2 aliphatic rings. The van der Waals surface area contributed by atoms with Crippen LogP contribution >= 0.6 is 0 Å². The summed E-state index contributed by atoms with van der Waals surface area (Å²) in [5.41, 5.74) is -0.657. The van der Waals surface area contributed by atoms with Crippen molar-refractivity contribution in [2.45, 2.75) is 71.4 Å². The number of carbonyl (C=O) groups excluding carboxylic acids is 1. The van der Waals surface area contributed by atoms with Gasteiger partial charge < -0.3 is 4.90 Å². The Labute approximate surface area is 135 Å². The third-order valence-corrected chi connectivity index (χ3v) is 7.03. The molecule has 0 aromatic carbocycles. The first-order valence-electron chi connectivity index (χ1n) is 8.27. The highest BCUT2D eigenvalue weighted by Gasteiger charge is 2.44. The molecule has 0 N–H and O–H groups in total. The largest absolute Gasteiger partial charge is 0.338 e. The first kappa shape index (κ1) is 17.7. The molecule has 0 aliphatic carbocycles. The maximum atomic E-state index is 12.8. The van der Waals surface area contributed by atoms with Crippen LogP contribution in [0.25, 0.3) is 0 Å². The Hall–Kier alpha value is -0.620. The number of hydrogen-bond donors (Lipinski definition) is 0. The SMILES string of the molecule is CC(C)(C)N1CCCC(CC(C)(C)N2CCCS2(=O)=O)C1=O. The van der Waals surface area contributed by atoms with E-state index < -0.39 is 15.6 Å². The molecule has 0 aromatic rings. The summed E-state index contributed by atoms with van der Waals surface area (Å²) in [6.07, 6.45) is 3.16. The lowest BCUT2D eigenvalue weighted by Crippen LogP contribution is -2.54. The minimum Gasteiger partial charge on any atom is -0.338 e. The second-order valence-corrected chi connectivity index (χ2v) is 10.3. The summed E-state index contributed by atoms with van der Waals surface area (Å²) in [4.78, 5) is 14.7. The first-order valence-corrected chi connectivity index (χ1v) is 9.88. The molecule has 128 valence electrons. The van der Waals surface area contributed by atoms with E-state index in [0.29, 0.717) is 19.4 Å². The Morgan fingerprint density at radius 3 is 2.23 bits per heavy atom. The molecule has 2 aliphatic heterocycles. The van der Waals surface area contributed by atoms with E-state index in [0.717, 1.165) is 19.4 Å². The molecule has 0 spiro atoms. The van der Waals surface area contributed by atoms with Gasteiger partial charge in [-0.05, 0) is 60.3 Å². The average Bonchev–Trinajstić information content (AvgIpc) is 2.70. The molecule has 0 saturated carbocycles. The van der Waals surface area contributed by atoms with Gasteiger partial charge in [-0.15, -0.1) is 0 Å². The van der Waals surface area contributed by atoms with Crippen LogP contribution in [0.4, 0.5) is 0 Å². The third-order valence-electron chi connectivity index (χ3n) is 4.88. The van der Waals surface area contributed by atoms with Crippen molar-refractivity contribution in [2.24, 2.45) is 5.92 Å². The van der Waals surface area contributed by atoms with E-state index in [-0.39, 0.29) is 23.1 Å². The molecular weight excluding hydrogens is 300 g/mol. The molecule has 2 rings (SSSR count). The lowest BCUT2D eigenvalue weighted by Gasteiger charge is -2.44. The number of sulfonamides is 1. The molecule has 2 fully saturated rings. The van der Waals surface area contributed by atoms with E-state index in [9.17, 15) is 13.2 Å². The molecule has 0 aromatic heterocycles. The number of rotatable bonds is 3. The van der Waals surface area contributed by atoms with Crippen molar-refractivity contribution in [1.29, 1.82) is 0 Å². The molecule has 6 heteroatoms. The number of carbonyl (C=O) groups is 1. The van der Waals surface area contributed by atoms with E-state index in [1.54, 1.807) is 4.31 Å². The normalized spacial score (nSPS) is 27.4. The third kappa shape index (κ3) is 3.48. The fourth-order valence-electron chi connectivity index (χ4n) is 3.83. The highest BCUT2D eigenvalue weighted by Crippen LogP contribution is 2.35. The number of piperidine rings is 1. The Bertz CT molecular complexity index is 534. The predicted octanol–water partition coefficient (Wildman–Crippen LogP) is 2.23. The summed E-state index contributed by atoms with van der Waals surface area (Å²) in [6.45, 7) is 11.5. The molecule has 0 radical (unpaired) electrons. The fraction of sp³-hybridized carbons (Fsp3) is 0.938. The Balaban J connectivity index is 2.14. The lowest BCUT2D eigenvalue weighted by atomic mass is 9.83. The monoisotopic (exact) mass is 330 g/mol. The Kier molecular flexibility index (Phi) is 4.66. The molecule has 1 amide bonds. The van der Waals surface area contributed by atoms with Crippen LogP contribution in [0.3, 0.4) is 0 Å². The zero-order valence-electron chi connectivity index (χ0n) is 14.6. The van der Waals surface area contributed by atoms with Gasteiger partial charge in [0, 0.05) is 30.1 Å². The number of likely N-dealkylation sites (tertiary alicyclic amines) is 1. The average molecular weight is 330 g/mol. The molecule has 2 heterocycles. The van der Waals surface area contributed by atoms with Crippen molar-refractivity contribution in [3.8, 4) is 0 Å². The predicted molar refractivity (Wildman–Crippen MR) is 88.0 cm³/mol. The summed E-state index contributed by atoms with van der Waals surface area (Å²) in [5.74, 6) is 0.352. The Morgan fingerprint density at radius 2 is 1.73 bits per heavy atom. The Morgan fingerprint density at radius 1 is 1.09 bits per heavy atom. The maximum Gasteiger partial charge on any atom is 0.226 e. The van der Waals surface area contributed by atoms with Crippen molar-refractivity contribution in [3.05, 3.63) is 0 Å². The smallest absolute Gasteiger partial charge is 0.226 e. The standard InChI is InChI=1S/C16H30N2O3S/c1-15(2,3)17-9-6-8-13(14(17)19)12-16(4,5)18-10-7-11-22(18,20)21/h13H,6-12H2,1-5H3. The maximum absolute atomic E-state index is 12.8. The number of amides is 1. The van der Waals surface area contributed by atoms with Gasteiger partial charge in [-0.3, -0.25) is 4.79 Å². The number of hydrogen-bond acceptors (Lipinski definition) is 3. The van der Waals surface area contributed by atoms with E-state index in [4.69, 9.17) is 0 Å². The highest BCUT2D eigenvalue weighted by molar-refractivity contribution is 7.89. The summed E-state index contributed by atoms with van der Waals surface area (Å²) >= 11 is 0. The van der Waals surface area contributed by atoms with Crippen LogP contribution in [0, 0.1) is 5.92 Å². The lowest BCUT2D eigenvalue weighted by molar-refractivity contribution is -0.145. The topological polar surface area (TPSA) is 57.7 Å². The van der Waals surface area contributed by atoms with E-state index in [1.165, 1.54) is 0 Å². The van der Waals surface area contributed by atoms with Crippen molar-refractivity contribution in [3.63, 3.8) is 0 Å². The van der Waals surface area contributed by atoms with Crippen LogP contribution in [0.15, 0.2) is 0 Å². The summed E-state index contributed by atoms with van der Waals surface area (Å²) in [5, 5.41) is 0. The fourth-order valence-corrected chi connectivity index (χ4v) is 5.78. The van der Waals surface area contributed by atoms with E-state index in [2.05, 4.69) is 20.8 Å². The first-order chi connectivity index (χ1) is 9.95. The van der Waals surface area contributed by atoms with Crippen molar-refractivity contribution in [1.82, 2.24) is 9.21 Å². The van der Waals surface area contributed by atoms with Crippen molar-refractivity contribution < 1.29 is 13.2 Å². The second-order valence-electron chi connectivity index (χ2n) is 8.26. The molecule has 1 unspecified atom stereocenters. The van der Waals surface area contributed by atoms with E-state index in [1.807, 2.05) is 18.7 Å². The number of nitrogens with zero attached hydrogens (tertiary/aromatic N) is 2. The van der Waals surface area contributed by atoms with Gasteiger partial charge in [-0.25, -0.2) is 8.42 Å². The van der Waals surface area contributed by atoms with Crippen molar-refractivity contribution in [2.75, 3.05) is 18.8 Å². The summed E-state index contributed by atoms with van der Waals surface area (Å²) < 4.78 is 26.0. The molecule has 0 bridgehead atoms. The summed E-state index contributed by atoms with van der Waals surface area (Å²) in [7, 11) is -3.15. The van der Waals surface area contributed by atoms with Gasteiger partial charge in [-0.2, -0.15) is 4.31 Å². The molecule has 1 atom stereocenters. The van der Waals surface area contributed by atoms with Crippen LogP contribution in [0.2, 0.25) is 0 Å². The van der Waals surface area contributed by atoms with Gasteiger partial charge >= 0.3 is 0 Å². The van der Waals surface area contributed by atoms with Gasteiger partial charge in [0.15, 0.2) is 0 Å². The minimum atomic E-state index is -3.15. The highest BCUT2D eigenvalue weighted by atomic mass is 32.2. The van der Waals surface area contributed by atoms with Gasteiger partial charge in [0.25, 0.3) is 0 Å². The van der Waals surface area contributed by atoms with Crippen LogP contribution in [-0.4, -0.2) is 53.5 Å². The van der Waals surface area contributed by atoms with Crippen LogP contribution in [-0.2, 0) is 14.8 Å². The van der Waals surface area contributed by atoms with Gasteiger partial charge in [0.1, 0.15) is 0 Å². The van der Waals surface area contributed by atoms with Gasteiger partial charge in [0.05, 0.1) is 5.75 Å². The minimum absolute atomic E-state index is 0.0706. The van der Waals surface area contributed by atoms with Crippen molar-refractivity contribution >= 4 is 15.9 Å². The molecular formula is C16H30N2O3S.